The quantitative estimate of drug-likeness (QED) is 0.351. The Hall–Kier alpha value is -4.11. The van der Waals surface area contributed by atoms with E-state index in [-0.39, 0.29) is 11.9 Å². The Kier molecular flexibility index (Phi) is 5.49. The maximum Gasteiger partial charge on any atom is 0.251 e. The summed E-state index contributed by atoms with van der Waals surface area (Å²) in [7, 11) is 0. The highest BCUT2D eigenvalue weighted by Crippen LogP contribution is 2.32. The fourth-order valence-corrected chi connectivity index (χ4v) is 5.26. The van der Waals surface area contributed by atoms with Crippen LogP contribution in [0.5, 0.6) is 0 Å². The molecule has 0 spiro atoms. The van der Waals surface area contributed by atoms with Crippen molar-refractivity contribution in [2.75, 3.05) is 0 Å². The molecule has 9 nitrogen and oxygen atoms in total. The fraction of sp³-hybridized carbons (Fsp3) is 0.296. The molecule has 0 unspecified atom stereocenters. The Balaban J connectivity index is 1.20. The molecular formula is C27H27N7O2. The normalized spacial score (nSPS) is 20.1. The summed E-state index contributed by atoms with van der Waals surface area (Å²) in [5.74, 6) is -0.155. The molecule has 1 fully saturated rings. The number of aryl methyl sites for hydroxylation is 1. The number of aliphatic hydroxyl groups is 1. The third kappa shape index (κ3) is 4.22. The van der Waals surface area contributed by atoms with Gasteiger partial charge in [-0.2, -0.15) is 10.2 Å². The molecule has 6 rings (SSSR count). The van der Waals surface area contributed by atoms with Gasteiger partial charge in [-0.3, -0.25) is 24.5 Å². The molecule has 2 atom stereocenters. The van der Waals surface area contributed by atoms with E-state index in [4.69, 9.17) is 0 Å². The van der Waals surface area contributed by atoms with Gasteiger partial charge in [0.2, 0.25) is 0 Å². The van der Waals surface area contributed by atoms with Crippen LogP contribution in [0.4, 0.5) is 0 Å². The molecule has 0 aliphatic heterocycles. The molecule has 9 heteroatoms. The maximum atomic E-state index is 13.2. The van der Waals surface area contributed by atoms with Gasteiger partial charge in [-0.25, -0.2) is 0 Å². The minimum absolute atomic E-state index is 0.126. The van der Waals surface area contributed by atoms with Gasteiger partial charge in [0.15, 0.2) is 0 Å². The number of H-pyrrole nitrogens is 1. The van der Waals surface area contributed by atoms with Crippen LogP contribution in [-0.4, -0.2) is 52.6 Å². The van der Waals surface area contributed by atoms with Gasteiger partial charge in [-0.05, 0) is 69.0 Å². The number of benzene rings is 1. The Labute approximate surface area is 207 Å². The zero-order chi connectivity index (χ0) is 24.7. The van der Waals surface area contributed by atoms with Crippen LogP contribution in [0.15, 0.2) is 61.2 Å². The number of hydrogen-bond acceptors (Lipinski definition) is 6. The number of aromatic amines is 1. The van der Waals surface area contributed by atoms with Crippen LogP contribution in [0, 0.1) is 6.92 Å². The first-order chi connectivity index (χ1) is 17.5. The SMILES string of the molecule is Cc1cc(-c2n[nH]c3ccc(C(=O)N[C@H]4CCC[C@](O)(Cn5ncc6ccncc65)C4)cc23)ccn1. The van der Waals surface area contributed by atoms with E-state index < -0.39 is 5.60 Å². The van der Waals surface area contributed by atoms with Gasteiger partial charge in [0.05, 0.1) is 35.6 Å². The number of nitrogens with one attached hydrogen (secondary N) is 2. The van der Waals surface area contributed by atoms with Crippen molar-refractivity contribution < 1.29 is 9.90 Å². The molecule has 36 heavy (non-hydrogen) atoms. The van der Waals surface area contributed by atoms with Crippen LogP contribution < -0.4 is 5.32 Å². The smallest absolute Gasteiger partial charge is 0.251 e. The van der Waals surface area contributed by atoms with Crippen molar-refractivity contribution in [2.45, 2.75) is 50.8 Å². The third-order valence-electron chi connectivity index (χ3n) is 7.04. The largest absolute Gasteiger partial charge is 0.388 e. The molecule has 4 aromatic heterocycles. The van der Waals surface area contributed by atoms with Crippen molar-refractivity contribution in [3.8, 4) is 11.3 Å². The second kappa shape index (κ2) is 8.83. The van der Waals surface area contributed by atoms with Gasteiger partial charge in [-0.15, -0.1) is 0 Å². The van der Waals surface area contributed by atoms with Gasteiger partial charge in [0.1, 0.15) is 5.69 Å². The Morgan fingerprint density at radius 3 is 3.03 bits per heavy atom. The first-order valence-electron chi connectivity index (χ1n) is 12.2. The molecule has 4 heterocycles. The lowest BCUT2D eigenvalue weighted by Gasteiger charge is -2.37. The van der Waals surface area contributed by atoms with Crippen molar-refractivity contribution in [1.29, 1.82) is 0 Å². The van der Waals surface area contributed by atoms with E-state index in [1.807, 2.05) is 41.9 Å². The van der Waals surface area contributed by atoms with E-state index in [0.29, 0.717) is 24.9 Å². The van der Waals surface area contributed by atoms with Gasteiger partial charge in [0.25, 0.3) is 5.91 Å². The summed E-state index contributed by atoms with van der Waals surface area (Å²) in [6.07, 6.45) is 9.83. The van der Waals surface area contributed by atoms with E-state index in [9.17, 15) is 9.90 Å². The van der Waals surface area contributed by atoms with Gasteiger partial charge in [-0.1, -0.05) is 0 Å². The lowest BCUT2D eigenvalue weighted by Crippen LogP contribution is -2.47. The van der Waals surface area contributed by atoms with Crippen LogP contribution in [0.25, 0.3) is 33.1 Å². The minimum atomic E-state index is -0.953. The topological polar surface area (TPSA) is 122 Å². The molecule has 182 valence electrons. The first-order valence-corrected chi connectivity index (χ1v) is 12.2. The molecule has 0 radical (unpaired) electrons. The summed E-state index contributed by atoms with van der Waals surface area (Å²) < 4.78 is 1.81. The van der Waals surface area contributed by atoms with Crippen molar-refractivity contribution in [3.63, 3.8) is 0 Å². The molecular weight excluding hydrogens is 454 g/mol. The zero-order valence-corrected chi connectivity index (χ0v) is 20.0. The Bertz CT molecular complexity index is 1570. The van der Waals surface area contributed by atoms with E-state index in [1.54, 1.807) is 30.9 Å². The number of aromatic nitrogens is 6. The summed E-state index contributed by atoms with van der Waals surface area (Å²) in [4.78, 5) is 21.7. The summed E-state index contributed by atoms with van der Waals surface area (Å²) in [5, 5.41) is 28.4. The van der Waals surface area contributed by atoms with Gasteiger partial charge < -0.3 is 10.4 Å². The maximum absolute atomic E-state index is 13.2. The lowest BCUT2D eigenvalue weighted by atomic mass is 9.81. The van der Waals surface area contributed by atoms with Crippen LogP contribution in [0.1, 0.15) is 41.7 Å². The van der Waals surface area contributed by atoms with Crippen molar-refractivity contribution in [1.82, 2.24) is 35.3 Å². The van der Waals surface area contributed by atoms with E-state index in [1.165, 1.54) is 0 Å². The van der Waals surface area contributed by atoms with E-state index in [2.05, 4.69) is 30.6 Å². The monoisotopic (exact) mass is 481 g/mol. The van der Waals surface area contributed by atoms with E-state index in [0.717, 1.165) is 51.6 Å². The zero-order valence-electron chi connectivity index (χ0n) is 20.0. The molecule has 1 aromatic carbocycles. The molecule has 0 saturated heterocycles. The van der Waals surface area contributed by atoms with Gasteiger partial charge >= 0.3 is 0 Å². The molecule has 5 aromatic rings. The van der Waals surface area contributed by atoms with Crippen LogP contribution in [0.2, 0.25) is 0 Å². The van der Waals surface area contributed by atoms with Crippen LogP contribution >= 0.6 is 0 Å². The summed E-state index contributed by atoms with van der Waals surface area (Å²) in [6, 6.07) is 11.2. The highest BCUT2D eigenvalue weighted by atomic mass is 16.3. The third-order valence-corrected chi connectivity index (χ3v) is 7.04. The van der Waals surface area contributed by atoms with Crippen molar-refractivity contribution in [2.24, 2.45) is 0 Å². The molecule has 0 bridgehead atoms. The first kappa shape index (κ1) is 22.4. The highest BCUT2D eigenvalue weighted by Gasteiger charge is 2.36. The van der Waals surface area contributed by atoms with Crippen molar-refractivity contribution >= 4 is 27.7 Å². The van der Waals surface area contributed by atoms with Crippen LogP contribution in [0.3, 0.4) is 0 Å². The number of rotatable bonds is 5. The second-order valence-electron chi connectivity index (χ2n) is 9.75. The average molecular weight is 482 g/mol. The molecule has 1 aliphatic rings. The molecule has 1 amide bonds. The Morgan fingerprint density at radius 2 is 2.14 bits per heavy atom. The lowest BCUT2D eigenvalue weighted by molar-refractivity contribution is -0.0227. The fourth-order valence-electron chi connectivity index (χ4n) is 5.26. The highest BCUT2D eigenvalue weighted by molar-refractivity contribution is 6.01. The predicted octanol–water partition coefficient (Wildman–Crippen LogP) is 3.78. The Morgan fingerprint density at radius 1 is 1.22 bits per heavy atom. The predicted molar refractivity (Wildman–Crippen MR) is 136 cm³/mol. The average Bonchev–Trinajstić information content (AvgIpc) is 3.48. The van der Waals surface area contributed by atoms with Crippen LogP contribution in [-0.2, 0) is 6.54 Å². The number of amides is 1. The number of hydrogen-bond donors (Lipinski definition) is 3. The molecule has 1 aliphatic carbocycles. The van der Waals surface area contributed by atoms with Crippen molar-refractivity contribution in [3.05, 3.63) is 72.4 Å². The number of carbonyl (C=O) groups is 1. The number of pyridine rings is 2. The number of nitrogens with zero attached hydrogens (tertiary/aromatic N) is 5. The van der Waals surface area contributed by atoms with Gasteiger partial charge in [0, 0.05) is 46.0 Å². The second-order valence-corrected chi connectivity index (χ2v) is 9.75. The number of carbonyl (C=O) groups excluding carboxylic acids is 1. The number of fused-ring (bicyclic) bond motifs is 2. The summed E-state index contributed by atoms with van der Waals surface area (Å²) in [5.41, 5.74) is 4.01. The minimum Gasteiger partial charge on any atom is -0.388 e. The van der Waals surface area contributed by atoms with E-state index >= 15 is 0 Å². The standard InChI is InChI=1S/C27H27N7O2/c1-17-11-18(7-10-29-17)25-22-12-19(4-5-23(22)32-33-25)26(35)31-21-3-2-8-27(36,13-21)16-34-24-15-28-9-6-20(24)14-30-34/h4-7,9-12,14-15,21,36H,2-3,8,13,16H2,1H3,(H,31,35)(H,32,33)/t21-,27+/m0/s1. The summed E-state index contributed by atoms with van der Waals surface area (Å²) in [6.45, 7) is 2.30. The molecule has 3 N–H and O–H groups in total. The molecule has 1 saturated carbocycles. The summed E-state index contributed by atoms with van der Waals surface area (Å²) >= 11 is 0.